The lowest BCUT2D eigenvalue weighted by molar-refractivity contribution is -0.146. The minimum Gasteiger partial charge on any atom is -0.465 e. The van der Waals surface area contributed by atoms with Crippen molar-refractivity contribution in [2.24, 2.45) is 0 Å². The first-order valence-electron chi connectivity index (χ1n) is 7.82. The van der Waals surface area contributed by atoms with Crippen LogP contribution in [0.1, 0.15) is 34.1 Å². The molecule has 0 aromatic carbocycles. The summed E-state index contributed by atoms with van der Waals surface area (Å²) < 4.78 is 38.8. The van der Waals surface area contributed by atoms with Crippen molar-refractivity contribution in [3.8, 4) is 0 Å². The highest BCUT2D eigenvalue weighted by Crippen LogP contribution is 2.41. The summed E-state index contributed by atoms with van der Waals surface area (Å²) in [6.07, 6.45) is -0.346. The van der Waals surface area contributed by atoms with E-state index in [1.807, 2.05) is 0 Å². The van der Waals surface area contributed by atoms with E-state index in [1.54, 1.807) is 27.7 Å². The third-order valence-corrected chi connectivity index (χ3v) is 3.95. The highest BCUT2D eigenvalue weighted by atomic mass is 19.3. The molecule has 1 amide bonds. The lowest BCUT2D eigenvalue weighted by atomic mass is 10.1. The molecule has 0 aromatic heterocycles. The van der Waals surface area contributed by atoms with Crippen molar-refractivity contribution in [3.05, 3.63) is 0 Å². The molecule has 2 heterocycles. The van der Waals surface area contributed by atoms with Crippen LogP contribution in [-0.4, -0.2) is 71.7 Å². The van der Waals surface area contributed by atoms with Crippen molar-refractivity contribution in [1.82, 2.24) is 9.80 Å². The number of ether oxygens (including phenoxy) is 2. The average Bonchev–Trinajstić information content (AvgIpc) is 2.88. The first-order valence-corrected chi connectivity index (χ1v) is 7.82. The molecule has 2 aliphatic heterocycles. The van der Waals surface area contributed by atoms with Gasteiger partial charge in [0.1, 0.15) is 5.60 Å². The van der Waals surface area contributed by atoms with Gasteiger partial charge in [0.15, 0.2) is 0 Å². The average molecular weight is 334 g/mol. The zero-order chi connectivity index (χ0) is 17.4. The number of likely N-dealkylation sites (tertiary alicyclic amines) is 2. The maximum absolute atomic E-state index is 14.4. The Hall–Kier alpha value is -1.44. The first-order chi connectivity index (χ1) is 10.5. The molecule has 0 unspecified atom stereocenters. The van der Waals surface area contributed by atoms with Crippen molar-refractivity contribution in [3.63, 3.8) is 0 Å². The third-order valence-electron chi connectivity index (χ3n) is 3.95. The molecule has 0 radical (unpaired) electrons. The van der Waals surface area contributed by atoms with E-state index < -0.39 is 42.2 Å². The zero-order valence-corrected chi connectivity index (χ0v) is 14.0. The Balaban J connectivity index is 2.10. The van der Waals surface area contributed by atoms with Crippen LogP contribution in [0.2, 0.25) is 0 Å². The van der Waals surface area contributed by atoms with Gasteiger partial charge in [0.2, 0.25) is 0 Å². The normalized spacial score (nSPS) is 27.0. The van der Waals surface area contributed by atoms with Gasteiger partial charge in [-0.05, 0) is 34.1 Å². The first kappa shape index (κ1) is 17.9. The summed E-state index contributed by atoms with van der Waals surface area (Å²) in [5.74, 6) is -3.61. The van der Waals surface area contributed by atoms with Gasteiger partial charge in [-0.25, -0.2) is 13.6 Å². The number of rotatable bonds is 3. The number of amides is 1. The number of fused-ring (bicyclic) bond motifs is 1. The number of halogens is 2. The molecule has 2 fully saturated rings. The van der Waals surface area contributed by atoms with Gasteiger partial charge in [-0.1, -0.05) is 0 Å². The van der Waals surface area contributed by atoms with E-state index in [-0.39, 0.29) is 13.2 Å². The third kappa shape index (κ3) is 3.91. The van der Waals surface area contributed by atoms with Crippen molar-refractivity contribution in [2.75, 3.05) is 26.2 Å². The SMILES string of the molecule is CCOC(=O)CN1CC[C@H]2[C@@H]1C(F)(F)CN2C(=O)OC(C)(C)C. The molecule has 0 aromatic rings. The Kier molecular flexibility index (Phi) is 4.84. The fraction of sp³-hybridized carbons (Fsp3) is 0.867. The molecule has 0 N–H and O–H groups in total. The van der Waals surface area contributed by atoms with Crippen molar-refractivity contribution in [2.45, 2.75) is 57.7 Å². The lowest BCUT2D eigenvalue weighted by Crippen LogP contribution is -2.47. The second-order valence-corrected chi connectivity index (χ2v) is 6.95. The van der Waals surface area contributed by atoms with E-state index in [1.165, 1.54) is 4.90 Å². The van der Waals surface area contributed by atoms with Crippen LogP contribution in [0.4, 0.5) is 13.6 Å². The molecule has 0 spiro atoms. The molecule has 2 saturated heterocycles. The fourth-order valence-electron chi connectivity index (χ4n) is 3.22. The molecular weight excluding hydrogens is 310 g/mol. The molecule has 2 atom stereocenters. The summed E-state index contributed by atoms with van der Waals surface area (Å²) in [6.45, 7) is 6.40. The minimum absolute atomic E-state index is 0.188. The number of hydrogen-bond acceptors (Lipinski definition) is 5. The fourth-order valence-corrected chi connectivity index (χ4v) is 3.22. The smallest absolute Gasteiger partial charge is 0.410 e. The van der Waals surface area contributed by atoms with Crippen LogP contribution in [0.15, 0.2) is 0 Å². The monoisotopic (exact) mass is 334 g/mol. The minimum atomic E-state index is -3.08. The van der Waals surface area contributed by atoms with Crippen molar-refractivity contribution >= 4 is 12.1 Å². The van der Waals surface area contributed by atoms with Gasteiger partial charge in [-0.2, -0.15) is 0 Å². The van der Waals surface area contributed by atoms with E-state index in [0.717, 1.165) is 4.90 Å². The standard InChI is InChI=1S/C15H24F2N2O4/c1-5-22-11(20)8-18-7-6-10-12(18)15(16,17)9-19(10)13(21)23-14(2,3)4/h10,12H,5-9H2,1-4H3/t10-,12+/m0/s1. The lowest BCUT2D eigenvalue weighted by Gasteiger charge is -2.27. The van der Waals surface area contributed by atoms with E-state index in [9.17, 15) is 18.4 Å². The molecule has 6 nitrogen and oxygen atoms in total. The Morgan fingerprint density at radius 2 is 1.96 bits per heavy atom. The van der Waals surface area contributed by atoms with Crippen LogP contribution < -0.4 is 0 Å². The second kappa shape index (κ2) is 6.22. The maximum atomic E-state index is 14.4. The number of carbonyl (C=O) groups is 2. The van der Waals surface area contributed by atoms with Crippen LogP contribution in [0.25, 0.3) is 0 Å². The van der Waals surface area contributed by atoms with Gasteiger partial charge in [-0.3, -0.25) is 14.6 Å². The predicted molar refractivity (Wildman–Crippen MR) is 78.3 cm³/mol. The number of nitrogens with zero attached hydrogens (tertiary/aromatic N) is 2. The van der Waals surface area contributed by atoms with Crippen LogP contribution in [0, 0.1) is 0 Å². The summed E-state index contributed by atoms with van der Waals surface area (Å²) in [4.78, 5) is 26.3. The molecule has 132 valence electrons. The number of hydrogen-bond donors (Lipinski definition) is 0. The molecule has 0 saturated carbocycles. The molecule has 23 heavy (non-hydrogen) atoms. The Bertz CT molecular complexity index is 479. The van der Waals surface area contributed by atoms with E-state index >= 15 is 0 Å². The summed E-state index contributed by atoms with van der Waals surface area (Å²) in [7, 11) is 0. The van der Waals surface area contributed by atoms with Gasteiger partial charge >= 0.3 is 12.1 Å². The van der Waals surface area contributed by atoms with Crippen LogP contribution in [0.5, 0.6) is 0 Å². The molecule has 2 aliphatic rings. The number of carbonyl (C=O) groups excluding carboxylic acids is 2. The van der Waals surface area contributed by atoms with Crippen LogP contribution in [-0.2, 0) is 14.3 Å². The van der Waals surface area contributed by atoms with Crippen molar-refractivity contribution < 1.29 is 27.8 Å². The Labute approximate surface area is 134 Å². The Morgan fingerprint density at radius 1 is 1.30 bits per heavy atom. The molecule has 0 aliphatic carbocycles. The summed E-state index contributed by atoms with van der Waals surface area (Å²) in [5.41, 5.74) is -0.742. The number of alkyl halides is 2. The zero-order valence-electron chi connectivity index (χ0n) is 14.0. The summed E-state index contributed by atoms with van der Waals surface area (Å²) >= 11 is 0. The van der Waals surface area contributed by atoms with Crippen molar-refractivity contribution in [1.29, 1.82) is 0 Å². The highest BCUT2D eigenvalue weighted by molar-refractivity contribution is 5.72. The molecule has 0 bridgehead atoms. The van der Waals surface area contributed by atoms with Gasteiger partial charge in [0.25, 0.3) is 5.92 Å². The molecule has 2 rings (SSSR count). The predicted octanol–water partition coefficient (Wildman–Crippen LogP) is 1.88. The van der Waals surface area contributed by atoms with Gasteiger partial charge < -0.3 is 9.47 Å². The molecule has 8 heteroatoms. The Morgan fingerprint density at radius 3 is 2.52 bits per heavy atom. The van der Waals surface area contributed by atoms with Gasteiger partial charge in [0, 0.05) is 6.54 Å². The maximum Gasteiger partial charge on any atom is 0.410 e. The highest BCUT2D eigenvalue weighted by Gasteiger charge is 2.61. The van der Waals surface area contributed by atoms with E-state index in [2.05, 4.69) is 0 Å². The molecular formula is C15H24F2N2O4. The van der Waals surface area contributed by atoms with Crippen LogP contribution >= 0.6 is 0 Å². The van der Waals surface area contributed by atoms with Gasteiger partial charge in [-0.15, -0.1) is 0 Å². The van der Waals surface area contributed by atoms with E-state index in [4.69, 9.17) is 9.47 Å². The van der Waals surface area contributed by atoms with E-state index in [0.29, 0.717) is 13.0 Å². The topological polar surface area (TPSA) is 59.1 Å². The van der Waals surface area contributed by atoms with Crippen LogP contribution in [0.3, 0.4) is 0 Å². The summed E-state index contributed by atoms with van der Waals surface area (Å²) in [5, 5.41) is 0. The number of esters is 1. The second-order valence-electron chi connectivity index (χ2n) is 6.95. The quantitative estimate of drug-likeness (QED) is 0.738. The summed E-state index contributed by atoms with van der Waals surface area (Å²) in [6, 6.07) is -1.81. The largest absolute Gasteiger partial charge is 0.465 e. The van der Waals surface area contributed by atoms with Gasteiger partial charge in [0.05, 0.1) is 31.8 Å².